The molecule has 78 valence electrons. The number of ether oxygens (including phenoxy) is 1. The molecule has 3 atom stereocenters. The van der Waals surface area contributed by atoms with E-state index in [2.05, 4.69) is 18.7 Å². The Labute approximate surface area is 81.2 Å². The van der Waals surface area contributed by atoms with Gasteiger partial charge in [0.05, 0.1) is 0 Å². The van der Waals surface area contributed by atoms with Crippen LogP contribution in [0.2, 0.25) is 0 Å². The van der Waals surface area contributed by atoms with Crippen molar-refractivity contribution < 1.29 is 4.74 Å². The van der Waals surface area contributed by atoms with Gasteiger partial charge < -0.3 is 15.4 Å². The van der Waals surface area contributed by atoms with Crippen LogP contribution in [0.4, 0.5) is 0 Å². The molecule has 1 saturated heterocycles. The summed E-state index contributed by atoms with van der Waals surface area (Å²) in [5.41, 5.74) is 5.95. The van der Waals surface area contributed by atoms with Crippen molar-refractivity contribution in [3.8, 4) is 0 Å². The van der Waals surface area contributed by atoms with Gasteiger partial charge in [0, 0.05) is 39.4 Å². The first kappa shape index (κ1) is 11.0. The van der Waals surface area contributed by atoms with Crippen molar-refractivity contribution in [2.24, 2.45) is 17.6 Å². The molecule has 1 aliphatic heterocycles. The summed E-state index contributed by atoms with van der Waals surface area (Å²) < 4.78 is 5.11. The number of nitrogens with two attached hydrogens (primary N) is 1. The molecule has 13 heavy (non-hydrogen) atoms. The summed E-state index contributed by atoms with van der Waals surface area (Å²) in [5, 5.41) is 0. The van der Waals surface area contributed by atoms with Crippen LogP contribution in [0.1, 0.15) is 13.8 Å². The summed E-state index contributed by atoms with van der Waals surface area (Å²) >= 11 is 0. The first-order valence-electron chi connectivity index (χ1n) is 5.10. The van der Waals surface area contributed by atoms with Crippen molar-refractivity contribution in [2.45, 2.75) is 19.9 Å². The molecule has 0 aromatic rings. The number of likely N-dealkylation sites (tertiary alicyclic amines) is 1. The van der Waals surface area contributed by atoms with Crippen molar-refractivity contribution in [1.29, 1.82) is 0 Å². The third-order valence-corrected chi connectivity index (χ3v) is 2.77. The highest BCUT2D eigenvalue weighted by Gasteiger charge is 2.26. The standard InChI is InChI=1S/C10H22N2O/c1-8(7-13-3)4-12-5-9(2)10(11)6-12/h8-10H,4-7,11H2,1-3H3. The van der Waals surface area contributed by atoms with Crippen molar-refractivity contribution in [2.75, 3.05) is 33.4 Å². The van der Waals surface area contributed by atoms with Crippen molar-refractivity contribution in [3.63, 3.8) is 0 Å². The SMILES string of the molecule is COCC(C)CN1CC(C)C(N)C1. The van der Waals surface area contributed by atoms with Gasteiger partial charge in [-0.2, -0.15) is 0 Å². The van der Waals surface area contributed by atoms with E-state index < -0.39 is 0 Å². The molecule has 0 saturated carbocycles. The number of hydrogen-bond donors (Lipinski definition) is 1. The summed E-state index contributed by atoms with van der Waals surface area (Å²) in [4.78, 5) is 2.44. The minimum absolute atomic E-state index is 0.370. The maximum absolute atomic E-state index is 5.95. The predicted molar refractivity (Wildman–Crippen MR) is 54.6 cm³/mol. The quantitative estimate of drug-likeness (QED) is 0.697. The second kappa shape index (κ2) is 4.94. The molecule has 1 fully saturated rings. The van der Waals surface area contributed by atoms with Crippen LogP contribution in [0.5, 0.6) is 0 Å². The Kier molecular flexibility index (Phi) is 4.16. The molecule has 1 rings (SSSR count). The summed E-state index contributed by atoms with van der Waals surface area (Å²) in [6.45, 7) is 8.61. The molecule has 1 aliphatic rings. The average molecular weight is 186 g/mol. The van der Waals surface area contributed by atoms with Crippen LogP contribution in [-0.4, -0.2) is 44.3 Å². The van der Waals surface area contributed by atoms with Crippen LogP contribution in [0.15, 0.2) is 0 Å². The molecule has 3 nitrogen and oxygen atoms in total. The molecule has 0 radical (unpaired) electrons. The van der Waals surface area contributed by atoms with E-state index in [4.69, 9.17) is 10.5 Å². The third-order valence-electron chi connectivity index (χ3n) is 2.77. The van der Waals surface area contributed by atoms with Gasteiger partial charge in [0.25, 0.3) is 0 Å². The topological polar surface area (TPSA) is 38.5 Å². The Morgan fingerprint density at radius 1 is 1.54 bits per heavy atom. The van der Waals surface area contributed by atoms with Gasteiger partial charge >= 0.3 is 0 Å². The summed E-state index contributed by atoms with van der Waals surface area (Å²) in [6.07, 6.45) is 0. The third kappa shape index (κ3) is 3.25. The van der Waals surface area contributed by atoms with E-state index >= 15 is 0 Å². The molecular weight excluding hydrogens is 164 g/mol. The molecule has 0 spiro atoms. The van der Waals surface area contributed by atoms with E-state index in [-0.39, 0.29) is 0 Å². The van der Waals surface area contributed by atoms with E-state index in [9.17, 15) is 0 Å². The van der Waals surface area contributed by atoms with Crippen LogP contribution >= 0.6 is 0 Å². The summed E-state index contributed by atoms with van der Waals surface area (Å²) in [6, 6.07) is 0.370. The monoisotopic (exact) mass is 186 g/mol. The fraction of sp³-hybridized carbons (Fsp3) is 1.00. The van der Waals surface area contributed by atoms with Crippen molar-refractivity contribution in [1.82, 2.24) is 4.90 Å². The van der Waals surface area contributed by atoms with Crippen LogP contribution in [0.25, 0.3) is 0 Å². The fourth-order valence-corrected chi connectivity index (χ4v) is 2.02. The van der Waals surface area contributed by atoms with Gasteiger partial charge in [-0.3, -0.25) is 0 Å². The van der Waals surface area contributed by atoms with Crippen molar-refractivity contribution >= 4 is 0 Å². The minimum atomic E-state index is 0.370. The molecule has 0 bridgehead atoms. The molecule has 0 aromatic carbocycles. The zero-order valence-corrected chi connectivity index (χ0v) is 8.99. The lowest BCUT2D eigenvalue weighted by Gasteiger charge is -2.19. The zero-order valence-electron chi connectivity index (χ0n) is 8.99. The van der Waals surface area contributed by atoms with Crippen LogP contribution in [0, 0.1) is 11.8 Å². The Morgan fingerprint density at radius 2 is 2.23 bits per heavy atom. The summed E-state index contributed by atoms with van der Waals surface area (Å²) in [7, 11) is 1.76. The number of methoxy groups -OCH3 is 1. The number of nitrogens with zero attached hydrogens (tertiary/aromatic N) is 1. The highest BCUT2D eigenvalue weighted by Crippen LogP contribution is 2.15. The lowest BCUT2D eigenvalue weighted by molar-refractivity contribution is 0.136. The molecule has 2 N–H and O–H groups in total. The second-order valence-electron chi connectivity index (χ2n) is 4.42. The molecule has 1 heterocycles. The van der Waals surface area contributed by atoms with E-state index in [0.29, 0.717) is 17.9 Å². The number of hydrogen-bond acceptors (Lipinski definition) is 3. The van der Waals surface area contributed by atoms with Crippen LogP contribution in [-0.2, 0) is 4.74 Å². The van der Waals surface area contributed by atoms with Crippen LogP contribution < -0.4 is 5.73 Å². The molecule has 3 heteroatoms. The van der Waals surface area contributed by atoms with Gasteiger partial charge in [-0.15, -0.1) is 0 Å². The maximum atomic E-state index is 5.95. The van der Waals surface area contributed by atoms with Crippen molar-refractivity contribution in [3.05, 3.63) is 0 Å². The maximum Gasteiger partial charge on any atom is 0.0500 e. The Bertz CT molecular complexity index is 142. The highest BCUT2D eigenvalue weighted by atomic mass is 16.5. The van der Waals surface area contributed by atoms with Crippen LogP contribution in [0.3, 0.4) is 0 Å². The van der Waals surface area contributed by atoms with Gasteiger partial charge in [0.1, 0.15) is 0 Å². The van der Waals surface area contributed by atoms with E-state index in [1.54, 1.807) is 7.11 Å². The Balaban J connectivity index is 2.23. The Morgan fingerprint density at radius 3 is 2.69 bits per heavy atom. The van der Waals surface area contributed by atoms with Gasteiger partial charge in [-0.05, 0) is 11.8 Å². The second-order valence-corrected chi connectivity index (χ2v) is 4.42. The largest absolute Gasteiger partial charge is 0.384 e. The lowest BCUT2D eigenvalue weighted by atomic mass is 10.1. The molecular formula is C10H22N2O. The first-order chi connectivity index (χ1) is 6.13. The van der Waals surface area contributed by atoms with E-state index in [1.165, 1.54) is 0 Å². The van der Waals surface area contributed by atoms with E-state index in [1.807, 2.05) is 0 Å². The highest BCUT2D eigenvalue weighted by molar-refractivity contribution is 4.84. The fourth-order valence-electron chi connectivity index (χ4n) is 2.02. The number of rotatable bonds is 4. The zero-order chi connectivity index (χ0) is 9.84. The molecule has 0 amide bonds. The molecule has 0 aromatic heterocycles. The smallest absolute Gasteiger partial charge is 0.0500 e. The average Bonchev–Trinajstić information content (AvgIpc) is 2.31. The van der Waals surface area contributed by atoms with Gasteiger partial charge in [0.15, 0.2) is 0 Å². The normalized spacial score (nSPS) is 32.3. The van der Waals surface area contributed by atoms with Gasteiger partial charge in [0.2, 0.25) is 0 Å². The minimum Gasteiger partial charge on any atom is -0.384 e. The molecule has 3 unspecified atom stereocenters. The molecule has 0 aliphatic carbocycles. The lowest BCUT2D eigenvalue weighted by Crippen LogP contribution is -2.31. The summed E-state index contributed by atoms with van der Waals surface area (Å²) in [5.74, 6) is 1.26. The predicted octanol–water partition coefficient (Wildman–Crippen LogP) is 0.548. The Hall–Kier alpha value is -0.120. The first-order valence-corrected chi connectivity index (χ1v) is 5.10. The van der Waals surface area contributed by atoms with Gasteiger partial charge in [-0.25, -0.2) is 0 Å². The van der Waals surface area contributed by atoms with E-state index in [0.717, 1.165) is 26.2 Å². The van der Waals surface area contributed by atoms with Gasteiger partial charge in [-0.1, -0.05) is 13.8 Å².